The van der Waals surface area contributed by atoms with Gasteiger partial charge in [-0.2, -0.15) is 0 Å². The molecule has 2 aromatic carbocycles. The molecule has 0 spiro atoms. The van der Waals surface area contributed by atoms with E-state index in [4.69, 9.17) is 17.3 Å². The molecule has 0 saturated carbocycles. The summed E-state index contributed by atoms with van der Waals surface area (Å²) in [5.41, 5.74) is 7.77. The van der Waals surface area contributed by atoms with Gasteiger partial charge in [-0.3, -0.25) is 4.79 Å². The van der Waals surface area contributed by atoms with Gasteiger partial charge in [0, 0.05) is 11.4 Å². The molecule has 1 amide bonds. The number of rotatable bonds is 2. The van der Waals surface area contributed by atoms with Crippen molar-refractivity contribution in [3.63, 3.8) is 0 Å². The van der Waals surface area contributed by atoms with Crippen LogP contribution >= 0.6 is 11.6 Å². The number of hydrogen-bond donors (Lipinski definition) is 2. The highest BCUT2D eigenvalue weighted by atomic mass is 35.5. The summed E-state index contributed by atoms with van der Waals surface area (Å²) in [5.74, 6) is -0.881. The molecule has 2 aromatic rings. The Balaban J connectivity index is 2.28. The average Bonchev–Trinajstić information content (AvgIpc) is 2.33. The fourth-order valence-electron chi connectivity index (χ4n) is 1.77. The third-order valence-corrected chi connectivity index (χ3v) is 3.00. The largest absolute Gasteiger partial charge is 0.398 e. The van der Waals surface area contributed by atoms with Gasteiger partial charge in [-0.05, 0) is 36.8 Å². The predicted molar refractivity (Wildman–Crippen MR) is 75.0 cm³/mol. The molecule has 0 unspecified atom stereocenters. The van der Waals surface area contributed by atoms with Gasteiger partial charge in [-0.1, -0.05) is 23.7 Å². The first-order valence-electron chi connectivity index (χ1n) is 5.60. The smallest absolute Gasteiger partial charge is 0.258 e. The van der Waals surface area contributed by atoms with Gasteiger partial charge < -0.3 is 11.1 Å². The van der Waals surface area contributed by atoms with Crippen molar-refractivity contribution in [1.29, 1.82) is 0 Å². The van der Waals surface area contributed by atoms with Crippen LogP contribution in [0.4, 0.5) is 15.8 Å². The molecule has 98 valence electrons. The number of hydrogen-bond acceptors (Lipinski definition) is 2. The number of carbonyl (C=O) groups excluding carboxylic acids is 1. The molecule has 0 heterocycles. The quantitative estimate of drug-likeness (QED) is 0.824. The van der Waals surface area contributed by atoms with Gasteiger partial charge in [0.05, 0.1) is 10.6 Å². The minimum atomic E-state index is -0.532. The van der Waals surface area contributed by atoms with Gasteiger partial charge in [0.1, 0.15) is 5.82 Å². The zero-order valence-electron chi connectivity index (χ0n) is 10.2. The second kappa shape index (κ2) is 5.28. The Hall–Kier alpha value is -2.07. The van der Waals surface area contributed by atoms with Crippen LogP contribution in [0.3, 0.4) is 0 Å². The Labute approximate surface area is 115 Å². The molecule has 19 heavy (non-hydrogen) atoms. The molecule has 5 heteroatoms. The number of aryl methyl sites for hydroxylation is 1. The Kier molecular flexibility index (Phi) is 3.71. The number of carbonyl (C=O) groups is 1. The lowest BCUT2D eigenvalue weighted by Crippen LogP contribution is -2.15. The maximum Gasteiger partial charge on any atom is 0.258 e. The summed E-state index contributed by atoms with van der Waals surface area (Å²) >= 11 is 5.65. The molecule has 0 atom stereocenters. The van der Waals surface area contributed by atoms with Crippen LogP contribution < -0.4 is 11.1 Å². The van der Waals surface area contributed by atoms with Gasteiger partial charge in [0.2, 0.25) is 0 Å². The highest BCUT2D eigenvalue weighted by molar-refractivity contribution is 6.31. The lowest BCUT2D eigenvalue weighted by molar-refractivity contribution is 0.102. The van der Waals surface area contributed by atoms with E-state index in [-0.39, 0.29) is 10.9 Å². The molecule has 3 N–H and O–H groups in total. The second-order valence-electron chi connectivity index (χ2n) is 4.12. The first kappa shape index (κ1) is 13.4. The van der Waals surface area contributed by atoms with Gasteiger partial charge >= 0.3 is 0 Å². The van der Waals surface area contributed by atoms with E-state index in [1.807, 2.05) is 0 Å². The maximum atomic E-state index is 13.0. The van der Waals surface area contributed by atoms with Gasteiger partial charge in [-0.15, -0.1) is 0 Å². The molecular weight excluding hydrogens is 267 g/mol. The third kappa shape index (κ3) is 2.85. The molecule has 0 saturated heterocycles. The van der Waals surface area contributed by atoms with Crippen molar-refractivity contribution in [2.45, 2.75) is 6.92 Å². The molecule has 0 bridgehead atoms. The monoisotopic (exact) mass is 278 g/mol. The minimum Gasteiger partial charge on any atom is -0.398 e. The van der Waals surface area contributed by atoms with Crippen LogP contribution in [0.25, 0.3) is 0 Å². The summed E-state index contributed by atoms with van der Waals surface area (Å²) in [6.07, 6.45) is 0. The SMILES string of the molecule is Cc1cccc(N)c1C(=O)Nc1ccc(F)c(Cl)c1. The van der Waals surface area contributed by atoms with Crippen LogP contribution in [0.1, 0.15) is 15.9 Å². The van der Waals surface area contributed by atoms with E-state index in [0.717, 1.165) is 5.56 Å². The van der Waals surface area contributed by atoms with Crippen LogP contribution in [-0.2, 0) is 0 Å². The summed E-state index contributed by atoms with van der Waals surface area (Å²) in [6.45, 7) is 1.79. The number of nitrogens with two attached hydrogens (primary N) is 1. The molecule has 0 fully saturated rings. The van der Waals surface area contributed by atoms with E-state index in [0.29, 0.717) is 16.9 Å². The van der Waals surface area contributed by atoms with E-state index in [9.17, 15) is 9.18 Å². The van der Waals surface area contributed by atoms with E-state index in [2.05, 4.69) is 5.32 Å². The lowest BCUT2D eigenvalue weighted by Gasteiger charge is -2.10. The Morgan fingerprint density at radius 2 is 2.05 bits per heavy atom. The number of nitrogens with one attached hydrogen (secondary N) is 1. The van der Waals surface area contributed by atoms with E-state index < -0.39 is 5.82 Å². The zero-order chi connectivity index (χ0) is 14.0. The molecule has 0 radical (unpaired) electrons. The van der Waals surface area contributed by atoms with Crippen LogP contribution in [0.15, 0.2) is 36.4 Å². The Bertz CT molecular complexity index is 623. The summed E-state index contributed by atoms with van der Waals surface area (Å²) in [5, 5.41) is 2.59. The molecule has 3 nitrogen and oxygen atoms in total. The van der Waals surface area contributed by atoms with Crippen molar-refractivity contribution in [3.8, 4) is 0 Å². The topological polar surface area (TPSA) is 55.1 Å². The molecule has 0 aromatic heterocycles. The third-order valence-electron chi connectivity index (χ3n) is 2.71. The van der Waals surface area contributed by atoms with Crippen LogP contribution in [0.5, 0.6) is 0 Å². The minimum absolute atomic E-state index is 0.0458. The summed E-state index contributed by atoms with van der Waals surface area (Å²) < 4.78 is 13.0. The summed E-state index contributed by atoms with van der Waals surface area (Å²) in [6, 6.07) is 9.20. The number of halogens is 2. The predicted octanol–water partition coefficient (Wildman–Crippen LogP) is 3.62. The maximum absolute atomic E-state index is 13.0. The van der Waals surface area contributed by atoms with Crippen LogP contribution in [0.2, 0.25) is 5.02 Å². The fourth-order valence-corrected chi connectivity index (χ4v) is 1.95. The average molecular weight is 279 g/mol. The van der Waals surface area contributed by atoms with Gasteiger partial charge in [-0.25, -0.2) is 4.39 Å². The Morgan fingerprint density at radius 1 is 1.32 bits per heavy atom. The highest BCUT2D eigenvalue weighted by Crippen LogP contribution is 2.22. The molecule has 2 rings (SSSR count). The van der Waals surface area contributed by atoms with Crippen molar-refractivity contribution < 1.29 is 9.18 Å². The first-order chi connectivity index (χ1) is 8.99. The fraction of sp³-hybridized carbons (Fsp3) is 0.0714. The van der Waals surface area contributed by atoms with Gasteiger partial charge in [0.15, 0.2) is 0 Å². The normalized spacial score (nSPS) is 10.3. The van der Waals surface area contributed by atoms with Crippen LogP contribution in [0, 0.1) is 12.7 Å². The number of amides is 1. The van der Waals surface area contributed by atoms with Crippen molar-refractivity contribution in [1.82, 2.24) is 0 Å². The van der Waals surface area contributed by atoms with Crippen molar-refractivity contribution >= 4 is 28.9 Å². The van der Waals surface area contributed by atoms with Gasteiger partial charge in [0.25, 0.3) is 5.91 Å². The van der Waals surface area contributed by atoms with E-state index in [1.165, 1.54) is 18.2 Å². The zero-order valence-corrected chi connectivity index (χ0v) is 11.0. The van der Waals surface area contributed by atoms with Crippen molar-refractivity contribution in [3.05, 3.63) is 58.4 Å². The molecular formula is C14H12ClFN2O. The van der Waals surface area contributed by atoms with E-state index in [1.54, 1.807) is 25.1 Å². The molecule has 0 aliphatic carbocycles. The highest BCUT2D eigenvalue weighted by Gasteiger charge is 2.13. The summed E-state index contributed by atoms with van der Waals surface area (Å²) in [4.78, 5) is 12.1. The van der Waals surface area contributed by atoms with Crippen molar-refractivity contribution in [2.24, 2.45) is 0 Å². The lowest BCUT2D eigenvalue weighted by atomic mass is 10.1. The second-order valence-corrected chi connectivity index (χ2v) is 4.53. The first-order valence-corrected chi connectivity index (χ1v) is 5.98. The van der Waals surface area contributed by atoms with Crippen molar-refractivity contribution in [2.75, 3.05) is 11.1 Å². The number of anilines is 2. The van der Waals surface area contributed by atoms with E-state index >= 15 is 0 Å². The molecule has 0 aliphatic heterocycles. The Morgan fingerprint density at radius 3 is 2.68 bits per heavy atom. The standard InChI is InChI=1S/C14H12ClFN2O/c1-8-3-2-4-12(17)13(8)14(19)18-9-5-6-11(16)10(15)7-9/h2-7H,17H2,1H3,(H,18,19). The summed E-state index contributed by atoms with van der Waals surface area (Å²) in [7, 11) is 0. The number of benzene rings is 2. The number of nitrogen functional groups attached to an aromatic ring is 1. The molecule has 0 aliphatic rings. The van der Waals surface area contributed by atoms with Crippen LogP contribution in [-0.4, -0.2) is 5.91 Å².